The molecule has 1 aromatic heterocycles. The van der Waals surface area contributed by atoms with E-state index in [1.165, 1.54) is 19.8 Å². The van der Waals surface area contributed by atoms with E-state index in [0.29, 0.717) is 21.8 Å². The Bertz CT molecular complexity index is 1070. The minimum Gasteiger partial charge on any atom is -0.352 e. The zero-order chi connectivity index (χ0) is 20.5. The zero-order valence-corrected chi connectivity index (χ0v) is 17.4. The summed E-state index contributed by atoms with van der Waals surface area (Å²) in [5, 5.41) is 3.69. The van der Waals surface area contributed by atoms with Crippen LogP contribution in [0.3, 0.4) is 0 Å². The van der Waals surface area contributed by atoms with E-state index in [9.17, 15) is 4.79 Å². The molecule has 152 valence electrons. The second kappa shape index (κ2) is 8.13. The Kier molecular flexibility index (Phi) is 5.56. The van der Waals surface area contributed by atoms with Crippen molar-refractivity contribution in [2.45, 2.75) is 33.2 Å². The third-order valence-corrected chi connectivity index (χ3v) is 5.77. The number of imidazole rings is 1. The van der Waals surface area contributed by atoms with E-state index in [-0.39, 0.29) is 17.0 Å². The van der Waals surface area contributed by atoms with Gasteiger partial charge in [-0.3, -0.25) is 4.79 Å². The molecule has 0 radical (unpaired) electrons. The summed E-state index contributed by atoms with van der Waals surface area (Å²) in [7, 11) is 0. The number of nitrogens with one attached hydrogen (secondary N) is 1. The van der Waals surface area contributed by atoms with Crippen LogP contribution in [0.25, 0.3) is 11.0 Å². The summed E-state index contributed by atoms with van der Waals surface area (Å²) in [5.74, 6) is -0.714. The Morgan fingerprint density at radius 2 is 2.00 bits per heavy atom. The number of benzene rings is 2. The van der Waals surface area contributed by atoms with Crippen LogP contribution in [0.2, 0.25) is 5.02 Å². The van der Waals surface area contributed by atoms with Gasteiger partial charge < -0.3 is 14.8 Å². The zero-order valence-electron chi connectivity index (χ0n) is 16.6. The first kappa shape index (κ1) is 19.9. The van der Waals surface area contributed by atoms with Crippen LogP contribution in [-0.4, -0.2) is 39.9 Å². The van der Waals surface area contributed by atoms with Gasteiger partial charge in [0.2, 0.25) is 0 Å². The van der Waals surface area contributed by atoms with Crippen LogP contribution in [0.1, 0.15) is 35.7 Å². The number of anilines is 2. The van der Waals surface area contributed by atoms with Crippen LogP contribution in [-0.2, 0) is 6.54 Å². The molecule has 0 atom stereocenters. The number of fused-ring (bicyclic) bond motifs is 1. The van der Waals surface area contributed by atoms with E-state index in [1.807, 2.05) is 11.5 Å². The topological polar surface area (TPSA) is 50.2 Å². The average molecular weight is 415 g/mol. The molecule has 29 heavy (non-hydrogen) atoms. The highest BCUT2D eigenvalue weighted by Gasteiger charge is 2.21. The smallest absolute Gasteiger partial charge is 0.175 e. The first-order chi connectivity index (χ1) is 13.9. The van der Waals surface area contributed by atoms with Crippen molar-refractivity contribution in [1.29, 1.82) is 0 Å². The molecule has 4 rings (SSSR count). The number of ketones is 1. The highest BCUT2D eigenvalue weighted by molar-refractivity contribution is 6.30. The van der Waals surface area contributed by atoms with Gasteiger partial charge in [0.25, 0.3) is 0 Å². The van der Waals surface area contributed by atoms with Gasteiger partial charge >= 0.3 is 0 Å². The van der Waals surface area contributed by atoms with Crippen molar-refractivity contribution in [2.75, 3.05) is 25.0 Å². The van der Waals surface area contributed by atoms with Crippen molar-refractivity contribution < 1.29 is 9.18 Å². The van der Waals surface area contributed by atoms with Crippen molar-refractivity contribution in [3.63, 3.8) is 0 Å². The summed E-state index contributed by atoms with van der Waals surface area (Å²) in [6.07, 6.45) is 4.12. The third-order valence-electron chi connectivity index (χ3n) is 5.54. The maximum absolute atomic E-state index is 15.4. The molecule has 2 aromatic carbocycles. The molecule has 1 saturated heterocycles. The molecular formula is C22H24ClFN4O. The molecule has 0 spiro atoms. The van der Waals surface area contributed by atoms with Gasteiger partial charge in [0.1, 0.15) is 5.52 Å². The van der Waals surface area contributed by atoms with Crippen molar-refractivity contribution in [3.05, 3.63) is 52.6 Å². The largest absolute Gasteiger partial charge is 0.352 e. The van der Waals surface area contributed by atoms with Crippen LogP contribution >= 0.6 is 11.6 Å². The SMILES string of the molecule is CC(=O)c1cc2c(ncn2CCN2CCCC2)c(F)c1Nc1ccc(Cl)cc1C. The van der Waals surface area contributed by atoms with Crippen molar-refractivity contribution in [3.8, 4) is 0 Å². The number of aryl methyl sites for hydroxylation is 1. The van der Waals surface area contributed by atoms with Gasteiger partial charge in [0.05, 0.1) is 17.5 Å². The maximum Gasteiger partial charge on any atom is 0.175 e. The molecule has 1 aliphatic rings. The maximum atomic E-state index is 15.4. The highest BCUT2D eigenvalue weighted by atomic mass is 35.5. The molecule has 0 aliphatic carbocycles. The van der Waals surface area contributed by atoms with Crippen LogP contribution < -0.4 is 5.32 Å². The monoisotopic (exact) mass is 414 g/mol. The normalized spacial score (nSPS) is 14.6. The molecule has 0 saturated carbocycles. The van der Waals surface area contributed by atoms with Gasteiger partial charge in [-0.05, 0) is 69.6 Å². The Morgan fingerprint density at radius 3 is 2.69 bits per heavy atom. The molecule has 0 bridgehead atoms. The van der Waals surface area contributed by atoms with E-state index in [2.05, 4.69) is 15.2 Å². The molecule has 5 nitrogen and oxygen atoms in total. The minimum absolute atomic E-state index is 0.153. The van der Waals surface area contributed by atoms with Crippen molar-refractivity contribution in [2.24, 2.45) is 0 Å². The fourth-order valence-corrected chi connectivity index (χ4v) is 4.12. The number of Topliss-reactive ketones (excluding diaryl/α,β-unsaturated/α-hetero) is 1. The number of hydrogen-bond donors (Lipinski definition) is 1. The van der Waals surface area contributed by atoms with Gasteiger partial charge in [0, 0.05) is 29.4 Å². The minimum atomic E-state index is -0.512. The standard InChI is InChI=1S/C22H24ClFN4O/c1-14-11-16(23)5-6-18(14)26-21-17(15(2)29)12-19-22(20(21)24)25-13-28(19)10-9-27-7-3-4-8-27/h5-6,11-13,26H,3-4,7-10H2,1-2H3. The highest BCUT2D eigenvalue weighted by Crippen LogP contribution is 2.32. The second-order valence-corrected chi connectivity index (χ2v) is 8.04. The Labute approximate surface area is 174 Å². The van der Waals surface area contributed by atoms with Gasteiger partial charge in [0.15, 0.2) is 11.6 Å². The predicted molar refractivity (Wildman–Crippen MR) is 115 cm³/mol. The second-order valence-electron chi connectivity index (χ2n) is 7.61. The van der Waals surface area contributed by atoms with E-state index < -0.39 is 5.82 Å². The summed E-state index contributed by atoms with van der Waals surface area (Å²) in [4.78, 5) is 19.0. The van der Waals surface area contributed by atoms with Gasteiger partial charge in [-0.25, -0.2) is 9.37 Å². The van der Waals surface area contributed by atoms with Gasteiger partial charge in [-0.2, -0.15) is 0 Å². The molecular weight excluding hydrogens is 391 g/mol. The number of likely N-dealkylation sites (tertiary alicyclic amines) is 1. The van der Waals surface area contributed by atoms with E-state index in [1.54, 1.807) is 30.6 Å². The number of aromatic nitrogens is 2. The molecule has 1 aliphatic heterocycles. The summed E-state index contributed by atoms with van der Waals surface area (Å²) in [6.45, 7) is 7.15. The number of rotatable bonds is 6. The summed E-state index contributed by atoms with van der Waals surface area (Å²) in [5.41, 5.74) is 2.94. The lowest BCUT2D eigenvalue weighted by atomic mass is 10.1. The van der Waals surface area contributed by atoms with Crippen LogP contribution in [0.5, 0.6) is 0 Å². The fraction of sp³-hybridized carbons (Fsp3) is 0.364. The van der Waals surface area contributed by atoms with Gasteiger partial charge in [-0.1, -0.05) is 11.6 Å². The van der Waals surface area contributed by atoms with Crippen LogP contribution in [0, 0.1) is 12.7 Å². The number of carbonyl (C=O) groups is 1. The Morgan fingerprint density at radius 1 is 1.24 bits per heavy atom. The Hall–Kier alpha value is -2.44. The average Bonchev–Trinajstić information content (AvgIpc) is 3.33. The lowest BCUT2D eigenvalue weighted by molar-refractivity contribution is 0.101. The Balaban J connectivity index is 1.71. The fourth-order valence-electron chi connectivity index (χ4n) is 3.89. The molecule has 3 aromatic rings. The quantitative estimate of drug-likeness (QED) is 0.564. The predicted octanol–water partition coefficient (Wildman–Crippen LogP) is 5.18. The lowest BCUT2D eigenvalue weighted by Gasteiger charge is -2.16. The molecule has 0 amide bonds. The number of halogens is 2. The summed E-state index contributed by atoms with van der Waals surface area (Å²) in [6, 6.07) is 7.04. The summed E-state index contributed by atoms with van der Waals surface area (Å²) >= 11 is 6.02. The molecule has 7 heteroatoms. The van der Waals surface area contributed by atoms with Gasteiger partial charge in [-0.15, -0.1) is 0 Å². The number of carbonyl (C=O) groups excluding carboxylic acids is 1. The molecule has 0 unspecified atom stereocenters. The van der Waals surface area contributed by atoms with Crippen molar-refractivity contribution in [1.82, 2.24) is 14.5 Å². The molecule has 2 heterocycles. The van der Waals surface area contributed by atoms with E-state index in [4.69, 9.17) is 11.6 Å². The van der Waals surface area contributed by atoms with Crippen molar-refractivity contribution >= 4 is 39.8 Å². The van der Waals surface area contributed by atoms with E-state index >= 15 is 4.39 Å². The van der Waals surface area contributed by atoms with E-state index in [0.717, 1.165) is 31.7 Å². The third kappa shape index (κ3) is 4.00. The number of hydrogen-bond acceptors (Lipinski definition) is 4. The number of nitrogens with zero attached hydrogens (tertiary/aromatic N) is 3. The first-order valence-corrected chi connectivity index (χ1v) is 10.3. The lowest BCUT2D eigenvalue weighted by Crippen LogP contribution is -2.23. The first-order valence-electron chi connectivity index (χ1n) is 9.88. The molecule has 1 N–H and O–H groups in total. The van der Waals surface area contributed by atoms with Crippen LogP contribution in [0.15, 0.2) is 30.6 Å². The summed E-state index contributed by atoms with van der Waals surface area (Å²) < 4.78 is 17.3. The van der Waals surface area contributed by atoms with Crippen LogP contribution in [0.4, 0.5) is 15.8 Å². The molecule has 1 fully saturated rings.